The summed E-state index contributed by atoms with van der Waals surface area (Å²) in [7, 11) is 0. The number of carbonyl (C=O) groups excluding carboxylic acids is 2. The lowest BCUT2D eigenvalue weighted by Crippen LogP contribution is -2.70. The molecule has 4 aromatic carbocycles. The topological polar surface area (TPSA) is 210 Å². The Balaban J connectivity index is 1.21. The average Bonchev–Trinajstić information content (AvgIpc) is 3.55. The number of carbonyl (C=O) groups is 2. The molecule has 2 heterocycles. The molecule has 0 bridgehead atoms. The third kappa shape index (κ3) is 15.0. The first-order chi connectivity index (χ1) is 38.7. The van der Waals surface area contributed by atoms with Gasteiger partial charge in [0.2, 0.25) is 12.6 Å². The Bertz CT molecular complexity index is 2700. The fourth-order valence-electron chi connectivity index (χ4n) is 11.8. The lowest BCUT2D eigenvalue weighted by Gasteiger charge is -2.59. The van der Waals surface area contributed by atoms with Crippen LogP contribution in [0.1, 0.15) is 139 Å². The molecule has 17 nitrogen and oxygen atoms in total. The van der Waals surface area contributed by atoms with Crippen molar-refractivity contribution in [2.75, 3.05) is 33.2 Å². The van der Waals surface area contributed by atoms with E-state index in [1.165, 1.54) is 69.2 Å². The molecule has 0 spiro atoms. The van der Waals surface area contributed by atoms with E-state index in [2.05, 4.69) is 24.9 Å². The number of nitro groups is 1. The van der Waals surface area contributed by atoms with Gasteiger partial charge in [-0.3, -0.25) is 15.0 Å². The number of fused-ring (bicyclic) bond motifs is 3. The minimum atomic E-state index is -1.68. The van der Waals surface area contributed by atoms with Crippen molar-refractivity contribution in [3.63, 3.8) is 0 Å². The van der Waals surface area contributed by atoms with E-state index < -0.39 is 40.8 Å². The molecule has 6 atom stereocenters. The van der Waals surface area contributed by atoms with Crippen LogP contribution in [-0.2, 0) is 22.7 Å². The predicted octanol–water partition coefficient (Wildman–Crippen LogP) is 12.9. The Labute approximate surface area is 464 Å². The first-order valence-electron chi connectivity index (χ1n) is 28.5. The van der Waals surface area contributed by atoms with Crippen LogP contribution in [0.4, 0.5) is 15.3 Å². The summed E-state index contributed by atoms with van der Waals surface area (Å²) in [6.07, 6.45) is 18.4. The third-order valence-corrected chi connectivity index (χ3v) is 15.6. The summed E-state index contributed by atoms with van der Waals surface area (Å²) < 4.78 is 38.3. The van der Waals surface area contributed by atoms with Crippen LogP contribution >= 0.6 is 0 Å². The number of unbranched alkanes of at least 4 members (excludes halogenated alkanes) is 11. The fraction of sp³-hybridized carbons (Fsp3) is 0.500. The summed E-state index contributed by atoms with van der Waals surface area (Å²) >= 11 is 0. The van der Waals surface area contributed by atoms with Gasteiger partial charge in [0.1, 0.15) is 29.9 Å². The van der Waals surface area contributed by atoms with E-state index in [9.17, 15) is 25.1 Å². The molecule has 4 aromatic rings. The SMILES string of the molecule is C=CCOC12Oc3ccc(OC(=O)NCCCCCCCCCCCC)cc3C3C(CCCCO)C(CCCCO)C=C(C(=NOCc4ccccc4)CC1N(Cc1ccc4c(c1)OCO4)C(=O)Oc1ccc([N+](=O)[O-])cc1)C32. The number of amides is 2. The lowest BCUT2D eigenvalue weighted by atomic mass is 9.55. The molecule has 8 rings (SSSR count). The average molecular weight is 1090 g/mol. The van der Waals surface area contributed by atoms with Crippen molar-refractivity contribution in [2.24, 2.45) is 22.9 Å². The highest BCUT2D eigenvalue weighted by molar-refractivity contribution is 6.03. The first-order valence-corrected chi connectivity index (χ1v) is 28.5. The van der Waals surface area contributed by atoms with Gasteiger partial charge < -0.3 is 48.8 Å². The molecule has 2 amide bonds. The van der Waals surface area contributed by atoms with Crippen LogP contribution in [0.3, 0.4) is 0 Å². The summed E-state index contributed by atoms with van der Waals surface area (Å²) in [6, 6.07) is 24.8. The highest BCUT2D eigenvalue weighted by atomic mass is 16.7. The summed E-state index contributed by atoms with van der Waals surface area (Å²) in [6.45, 7) is 6.97. The number of aliphatic hydroxyl groups is 2. The van der Waals surface area contributed by atoms with E-state index >= 15 is 4.79 Å². The molecular formula is C62H78N4O13. The number of non-ortho nitro benzene ring substituents is 1. The monoisotopic (exact) mass is 1090 g/mol. The maximum absolute atomic E-state index is 15.3. The number of nitro benzene ring substituents is 1. The molecule has 4 aliphatic rings. The zero-order valence-electron chi connectivity index (χ0n) is 45.6. The quantitative estimate of drug-likeness (QED) is 0.0186. The Morgan fingerprint density at radius 1 is 0.810 bits per heavy atom. The molecule has 1 saturated carbocycles. The van der Waals surface area contributed by atoms with Crippen molar-refractivity contribution in [2.45, 2.75) is 147 Å². The van der Waals surface area contributed by atoms with Crippen molar-refractivity contribution in [3.05, 3.63) is 142 Å². The molecule has 17 heteroatoms. The Kier molecular flexibility index (Phi) is 21.6. The summed E-state index contributed by atoms with van der Waals surface area (Å²) in [4.78, 5) is 47.9. The second-order valence-electron chi connectivity index (χ2n) is 21.0. The van der Waals surface area contributed by atoms with Gasteiger partial charge in [0.05, 0.1) is 23.2 Å². The Morgan fingerprint density at radius 2 is 1.51 bits per heavy atom. The number of hydrogen-bond donors (Lipinski definition) is 3. The number of nitrogens with one attached hydrogen (secondary N) is 1. The third-order valence-electron chi connectivity index (χ3n) is 15.6. The van der Waals surface area contributed by atoms with Crippen LogP contribution in [0.15, 0.2) is 120 Å². The number of ether oxygens (including phenoxy) is 6. The van der Waals surface area contributed by atoms with E-state index in [1.807, 2.05) is 48.5 Å². The molecule has 0 aromatic heterocycles. The van der Waals surface area contributed by atoms with E-state index in [1.54, 1.807) is 29.2 Å². The number of aliphatic hydroxyl groups excluding tert-OH is 2. The van der Waals surface area contributed by atoms with Crippen LogP contribution in [-0.4, -0.2) is 82.9 Å². The molecule has 3 N–H and O–H groups in total. The van der Waals surface area contributed by atoms with Crippen LogP contribution < -0.4 is 29.0 Å². The maximum Gasteiger partial charge on any atom is 0.416 e. The maximum atomic E-state index is 15.3. The molecule has 0 radical (unpaired) electrons. The van der Waals surface area contributed by atoms with Crippen molar-refractivity contribution in [1.82, 2.24) is 10.2 Å². The van der Waals surface area contributed by atoms with Gasteiger partial charge in [0.15, 0.2) is 11.5 Å². The molecule has 2 aliphatic carbocycles. The van der Waals surface area contributed by atoms with Crippen LogP contribution in [0.2, 0.25) is 0 Å². The molecule has 0 saturated heterocycles. The zero-order valence-corrected chi connectivity index (χ0v) is 45.6. The summed E-state index contributed by atoms with van der Waals surface area (Å²) in [5, 5.41) is 39.8. The minimum absolute atomic E-state index is 0.00407. The van der Waals surface area contributed by atoms with Gasteiger partial charge >= 0.3 is 12.2 Å². The molecule has 2 aliphatic heterocycles. The Hall–Kier alpha value is -6.95. The summed E-state index contributed by atoms with van der Waals surface area (Å²) in [5.41, 5.74) is 3.53. The minimum Gasteiger partial charge on any atom is -0.459 e. The molecule has 79 heavy (non-hydrogen) atoms. The van der Waals surface area contributed by atoms with E-state index in [0.29, 0.717) is 66.5 Å². The number of hydrogen-bond acceptors (Lipinski definition) is 14. The fourth-order valence-corrected chi connectivity index (χ4v) is 11.8. The number of allylic oxidation sites excluding steroid dienone is 1. The van der Waals surface area contributed by atoms with Crippen molar-refractivity contribution in [3.8, 4) is 28.7 Å². The number of benzene rings is 4. The van der Waals surface area contributed by atoms with Gasteiger partial charge in [0, 0.05) is 56.3 Å². The first kappa shape index (κ1) is 58.2. The smallest absolute Gasteiger partial charge is 0.416 e. The highest BCUT2D eigenvalue weighted by Crippen LogP contribution is 2.62. The second kappa shape index (κ2) is 29.3. The van der Waals surface area contributed by atoms with Crippen molar-refractivity contribution in [1.29, 1.82) is 0 Å². The van der Waals surface area contributed by atoms with Gasteiger partial charge in [-0.05, 0) is 103 Å². The number of rotatable bonds is 31. The van der Waals surface area contributed by atoms with Gasteiger partial charge in [-0.1, -0.05) is 131 Å². The normalized spacial score (nSPS) is 21.0. The van der Waals surface area contributed by atoms with E-state index in [0.717, 1.165) is 48.8 Å². The highest BCUT2D eigenvalue weighted by Gasteiger charge is 2.66. The van der Waals surface area contributed by atoms with E-state index in [-0.39, 0.29) is 69.5 Å². The van der Waals surface area contributed by atoms with Crippen LogP contribution in [0.25, 0.3) is 0 Å². The van der Waals surface area contributed by atoms with Crippen LogP contribution in [0, 0.1) is 27.9 Å². The molecule has 6 unspecified atom stereocenters. The molecule has 1 fully saturated rings. The van der Waals surface area contributed by atoms with Gasteiger partial charge in [-0.2, -0.15) is 0 Å². The van der Waals surface area contributed by atoms with Crippen LogP contribution in [0.5, 0.6) is 28.7 Å². The van der Waals surface area contributed by atoms with Crippen molar-refractivity contribution < 1.29 is 58.0 Å². The molecule has 424 valence electrons. The zero-order chi connectivity index (χ0) is 55.4. The standard InChI is InChI=1S/C62H78N4O13/c1-3-5-6-7-8-9-10-11-12-18-33-63-60(69)77-49-30-32-54-52(39-49)58-50(24-17-20-35-68)46(23-16-19-34-67)38-51-53(64-76-42-44-21-14-13-15-22-44)40-57(62(79-54,59(51)58)75-36-4-2)65(41-45-25-31-55-56(37-45)74-43-73-55)61(70)78-48-28-26-47(27-29-48)66(71)72/h4,13-15,21-22,25-32,37-39,46,50,57-59,67-68H,2-3,5-12,16-20,23-24,33-36,40-43H2,1H3,(H,63,69). The van der Waals surface area contributed by atoms with E-state index in [4.69, 9.17) is 38.4 Å². The van der Waals surface area contributed by atoms with Gasteiger partial charge in [-0.15, -0.1) is 6.58 Å². The molecular weight excluding hydrogens is 1010 g/mol. The predicted molar refractivity (Wildman–Crippen MR) is 299 cm³/mol. The lowest BCUT2D eigenvalue weighted by molar-refractivity contribution is -0.384. The van der Waals surface area contributed by atoms with Gasteiger partial charge in [0.25, 0.3) is 5.69 Å². The second-order valence-corrected chi connectivity index (χ2v) is 21.0. The van der Waals surface area contributed by atoms with Crippen molar-refractivity contribution >= 4 is 23.6 Å². The Morgan fingerprint density at radius 3 is 2.23 bits per heavy atom. The van der Waals surface area contributed by atoms with Gasteiger partial charge in [-0.25, -0.2) is 9.59 Å². The largest absolute Gasteiger partial charge is 0.459 e. The number of oxime groups is 1. The summed E-state index contributed by atoms with van der Waals surface area (Å²) in [5.74, 6) is -1.06. The number of nitrogens with zero attached hydrogens (tertiary/aromatic N) is 3.